The van der Waals surface area contributed by atoms with Gasteiger partial charge in [0.1, 0.15) is 10.6 Å². The van der Waals surface area contributed by atoms with Gasteiger partial charge in [0.05, 0.1) is 22.6 Å². The van der Waals surface area contributed by atoms with E-state index in [-0.39, 0.29) is 11.7 Å². The van der Waals surface area contributed by atoms with Crippen molar-refractivity contribution in [3.63, 3.8) is 0 Å². The van der Waals surface area contributed by atoms with Crippen LogP contribution in [-0.4, -0.2) is 25.2 Å². The second kappa shape index (κ2) is 7.81. The fraction of sp³-hybridized carbons (Fsp3) is 0.0870. The molecule has 8 heteroatoms. The number of nitrogens with zero attached hydrogens (tertiary/aromatic N) is 4. The summed E-state index contributed by atoms with van der Waals surface area (Å²) in [4.78, 5) is 18.4. The van der Waals surface area contributed by atoms with Crippen LogP contribution in [0, 0.1) is 12.7 Å². The number of carbonyl (C=O) groups is 1. The Kier molecular flexibility index (Phi) is 4.83. The normalized spacial score (nSPS) is 11.2. The van der Waals surface area contributed by atoms with E-state index in [2.05, 4.69) is 15.4 Å². The Labute approximate surface area is 181 Å². The summed E-state index contributed by atoms with van der Waals surface area (Å²) in [5.41, 5.74) is 3.37. The largest absolute Gasteiger partial charge is 0.333 e. The summed E-state index contributed by atoms with van der Waals surface area (Å²) in [5, 5.41) is 8.44. The minimum atomic E-state index is -0.301. The second-order valence-corrected chi connectivity index (χ2v) is 8.22. The number of amides is 1. The van der Waals surface area contributed by atoms with Gasteiger partial charge in [0.2, 0.25) is 0 Å². The Morgan fingerprint density at radius 2 is 2.00 bits per heavy atom. The third-order valence-electron chi connectivity index (χ3n) is 4.95. The van der Waals surface area contributed by atoms with Crippen LogP contribution >= 0.6 is 11.3 Å². The van der Waals surface area contributed by atoms with Gasteiger partial charge >= 0.3 is 0 Å². The van der Waals surface area contributed by atoms with E-state index < -0.39 is 0 Å². The first-order valence-corrected chi connectivity index (χ1v) is 10.5. The molecule has 0 unspecified atom stereocenters. The number of carbonyl (C=O) groups excluding carboxylic acids is 1. The lowest BCUT2D eigenvalue weighted by atomic mass is 10.2. The molecule has 0 bridgehead atoms. The molecule has 31 heavy (non-hydrogen) atoms. The molecule has 5 aromatic rings. The third kappa shape index (κ3) is 3.85. The highest BCUT2D eigenvalue weighted by Gasteiger charge is 2.17. The molecule has 0 saturated carbocycles. The number of thiophene rings is 1. The number of fused-ring (bicyclic) bond motifs is 1. The third-order valence-corrected chi connectivity index (χ3v) is 6.06. The number of nitrogens with one attached hydrogen (secondary N) is 1. The lowest BCUT2D eigenvalue weighted by Crippen LogP contribution is -2.10. The molecule has 0 aliphatic heterocycles. The van der Waals surface area contributed by atoms with Crippen LogP contribution in [0.25, 0.3) is 15.9 Å². The van der Waals surface area contributed by atoms with Crippen molar-refractivity contribution in [3.8, 4) is 5.69 Å². The molecule has 0 atom stereocenters. The molecular formula is C23H18FN5OS. The van der Waals surface area contributed by atoms with Crippen LogP contribution in [0.3, 0.4) is 0 Å². The highest BCUT2D eigenvalue weighted by atomic mass is 32.1. The number of imidazole rings is 1. The Morgan fingerprint density at radius 1 is 1.16 bits per heavy atom. The Hall–Kier alpha value is -3.78. The zero-order chi connectivity index (χ0) is 21.4. The molecule has 1 N–H and O–H groups in total. The van der Waals surface area contributed by atoms with Crippen molar-refractivity contribution in [1.82, 2.24) is 19.3 Å². The van der Waals surface area contributed by atoms with Gasteiger partial charge in [-0.25, -0.2) is 14.1 Å². The van der Waals surface area contributed by atoms with Crippen LogP contribution < -0.4 is 5.32 Å². The number of halogens is 1. The molecule has 5 rings (SSSR count). The van der Waals surface area contributed by atoms with Gasteiger partial charge < -0.3 is 9.88 Å². The quantitative estimate of drug-likeness (QED) is 0.424. The summed E-state index contributed by atoms with van der Waals surface area (Å²) in [6.07, 6.45) is 5.40. The van der Waals surface area contributed by atoms with Crippen molar-refractivity contribution in [2.24, 2.45) is 0 Å². The van der Waals surface area contributed by atoms with Gasteiger partial charge in [0.25, 0.3) is 5.91 Å². The first-order chi connectivity index (χ1) is 15.1. The van der Waals surface area contributed by atoms with Crippen LogP contribution in [0.2, 0.25) is 0 Å². The minimum absolute atomic E-state index is 0.175. The van der Waals surface area contributed by atoms with E-state index in [4.69, 9.17) is 0 Å². The SMILES string of the molecule is Cc1nn(-c2ccc(F)cc2)c2sc(C(=O)Nc3cccc(Cn4ccnc4)c3)cc12. The smallest absolute Gasteiger partial charge is 0.265 e. The van der Waals surface area contributed by atoms with E-state index in [1.54, 1.807) is 29.3 Å². The van der Waals surface area contributed by atoms with E-state index in [1.165, 1.54) is 23.5 Å². The average molecular weight is 431 g/mol. The zero-order valence-electron chi connectivity index (χ0n) is 16.6. The van der Waals surface area contributed by atoms with Gasteiger partial charge in [-0.2, -0.15) is 5.10 Å². The summed E-state index contributed by atoms with van der Waals surface area (Å²) in [7, 11) is 0. The van der Waals surface area contributed by atoms with Crippen molar-refractivity contribution in [2.45, 2.75) is 13.5 Å². The fourth-order valence-corrected chi connectivity index (χ4v) is 4.53. The number of anilines is 1. The summed E-state index contributed by atoms with van der Waals surface area (Å²) < 4.78 is 17.0. The van der Waals surface area contributed by atoms with E-state index in [0.717, 1.165) is 32.8 Å². The van der Waals surface area contributed by atoms with Crippen molar-refractivity contribution in [2.75, 3.05) is 5.32 Å². The molecule has 0 spiro atoms. The second-order valence-electron chi connectivity index (χ2n) is 7.19. The molecule has 0 aliphatic rings. The lowest BCUT2D eigenvalue weighted by Gasteiger charge is -2.07. The standard InChI is InChI=1S/C23H18FN5OS/c1-15-20-12-21(31-23(20)29(27-15)19-7-5-17(24)6-8-19)22(30)26-18-4-2-3-16(11-18)13-28-10-9-25-14-28/h2-12,14H,13H2,1H3,(H,26,30). The van der Waals surface area contributed by atoms with Crippen molar-refractivity contribution in [1.29, 1.82) is 0 Å². The van der Waals surface area contributed by atoms with Crippen LogP contribution in [0.4, 0.5) is 10.1 Å². The fourth-order valence-electron chi connectivity index (χ4n) is 3.45. The maximum atomic E-state index is 13.3. The summed E-state index contributed by atoms with van der Waals surface area (Å²) in [6.45, 7) is 2.58. The first kappa shape index (κ1) is 19.2. The van der Waals surface area contributed by atoms with Crippen molar-refractivity contribution >= 4 is 33.1 Å². The van der Waals surface area contributed by atoms with Crippen molar-refractivity contribution in [3.05, 3.63) is 95.3 Å². The van der Waals surface area contributed by atoms with Crippen molar-refractivity contribution < 1.29 is 9.18 Å². The molecule has 1 amide bonds. The predicted octanol–water partition coefficient (Wildman–Crippen LogP) is 5.03. The van der Waals surface area contributed by atoms with E-state index in [1.807, 2.05) is 48.0 Å². The monoisotopic (exact) mass is 431 g/mol. The molecule has 0 saturated heterocycles. The molecule has 2 aromatic carbocycles. The topological polar surface area (TPSA) is 64.7 Å². The number of benzene rings is 2. The number of aromatic nitrogens is 4. The molecule has 0 fully saturated rings. The molecule has 6 nitrogen and oxygen atoms in total. The molecule has 3 aromatic heterocycles. The number of hydrogen-bond acceptors (Lipinski definition) is 4. The average Bonchev–Trinajstić information content (AvgIpc) is 3.48. The van der Waals surface area contributed by atoms with Gasteiger partial charge in [0.15, 0.2) is 0 Å². The van der Waals surface area contributed by atoms with Crippen LogP contribution in [-0.2, 0) is 6.54 Å². The van der Waals surface area contributed by atoms with Gasteiger partial charge in [-0.1, -0.05) is 12.1 Å². The number of hydrogen-bond donors (Lipinski definition) is 1. The maximum absolute atomic E-state index is 13.3. The first-order valence-electron chi connectivity index (χ1n) is 9.68. The number of aryl methyl sites for hydroxylation is 1. The van der Waals surface area contributed by atoms with Crippen LogP contribution in [0.15, 0.2) is 73.3 Å². The molecular weight excluding hydrogens is 413 g/mol. The zero-order valence-corrected chi connectivity index (χ0v) is 17.4. The number of rotatable bonds is 5. The predicted molar refractivity (Wildman–Crippen MR) is 119 cm³/mol. The highest BCUT2D eigenvalue weighted by Crippen LogP contribution is 2.31. The molecule has 3 heterocycles. The Morgan fingerprint density at radius 3 is 2.77 bits per heavy atom. The van der Waals surface area contributed by atoms with Crippen LogP contribution in [0.1, 0.15) is 20.9 Å². The maximum Gasteiger partial charge on any atom is 0.265 e. The van der Waals surface area contributed by atoms with Gasteiger partial charge in [-0.3, -0.25) is 4.79 Å². The Bertz CT molecular complexity index is 1370. The van der Waals surface area contributed by atoms with Gasteiger partial charge in [-0.05, 0) is 55.0 Å². The molecule has 0 aliphatic carbocycles. The van der Waals surface area contributed by atoms with Gasteiger partial charge in [0, 0.05) is 30.0 Å². The summed E-state index contributed by atoms with van der Waals surface area (Å²) in [6, 6.07) is 15.8. The minimum Gasteiger partial charge on any atom is -0.333 e. The van der Waals surface area contributed by atoms with Gasteiger partial charge in [-0.15, -0.1) is 11.3 Å². The lowest BCUT2D eigenvalue weighted by molar-refractivity contribution is 0.103. The summed E-state index contributed by atoms with van der Waals surface area (Å²) in [5.74, 6) is -0.476. The Balaban J connectivity index is 1.40. The van der Waals surface area contributed by atoms with Crippen LogP contribution in [0.5, 0.6) is 0 Å². The highest BCUT2D eigenvalue weighted by molar-refractivity contribution is 7.20. The van der Waals surface area contributed by atoms with E-state index >= 15 is 0 Å². The molecule has 0 radical (unpaired) electrons. The summed E-state index contributed by atoms with van der Waals surface area (Å²) >= 11 is 1.36. The molecule has 154 valence electrons. The van der Waals surface area contributed by atoms with E-state index in [0.29, 0.717) is 11.4 Å². The van der Waals surface area contributed by atoms with E-state index in [9.17, 15) is 9.18 Å².